The van der Waals surface area contributed by atoms with E-state index in [0.29, 0.717) is 6.07 Å². The molecule has 1 amide bonds. The number of benzene rings is 1. The van der Waals surface area contributed by atoms with E-state index in [4.69, 9.17) is 0 Å². The van der Waals surface area contributed by atoms with Crippen molar-refractivity contribution in [3.8, 4) is 0 Å². The Bertz CT molecular complexity index is 395. The van der Waals surface area contributed by atoms with Crippen LogP contribution in [0.25, 0.3) is 0 Å². The first-order valence-corrected chi connectivity index (χ1v) is 4.33. The van der Waals surface area contributed by atoms with Crippen molar-refractivity contribution in [1.82, 2.24) is 0 Å². The molecule has 0 atom stereocenters. The second-order valence-corrected chi connectivity index (χ2v) is 3.32. The summed E-state index contributed by atoms with van der Waals surface area (Å²) in [6.45, 7) is 1.09. The van der Waals surface area contributed by atoms with Gasteiger partial charge in [-0.2, -0.15) is 0 Å². The molecule has 0 bridgehead atoms. The number of nitrogens with one attached hydrogen (secondary N) is 1. The lowest BCUT2D eigenvalue weighted by molar-refractivity contribution is -0.114. The number of halogens is 4. The third-order valence-corrected chi connectivity index (χ3v) is 2.14. The van der Waals surface area contributed by atoms with Crippen LogP contribution in [0.3, 0.4) is 0 Å². The average molecular weight is 268 g/mol. The molecule has 1 rings (SSSR count). The van der Waals surface area contributed by atoms with Crippen LogP contribution in [0.1, 0.15) is 6.92 Å². The van der Waals surface area contributed by atoms with Crippen molar-refractivity contribution >= 4 is 27.5 Å². The lowest BCUT2D eigenvalue weighted by atomic mass is 10.2. The van der Waals surface area contributed by atoms with Gasteiger partial charge in [-0.15, -0.1) is 0 Å². The molecular weight excluding hydrogens is 263 g/mol. The largest absolute Gasteiger partial charge is 0.321 e. The van der Waals surface area contributed by atoms with Gasteiger partial charge in [-0.05, 0) is 15.9 Å². The highest BCUT2D eigenvalue weighted by atomic mass is 79.9. The van der Waals surface area contributed by atoms with Crippen molar-refractivity contribution in [2.24, 2.45) is 0 Å². The Morgan fingerprint density at radius 2 is 1.93 bits per heavy atom. The quantitative estimate of drug-likeness (QED) is 0.615. The van der Waals surface area contributed by atoms with Crippen LogP contribution in [0.2, 0.25) is 0 Å². The van der Waals surface area contributed by atoms with E-state index in [1.165, 1.54) is 0 Å². The molecule has 0 aliphatic carbocycles. The smallest absolute Gasteiger partial charge is 0.221 e. The van der Waals surface area contributed by atoms with Gasteiger partial charge in [-0.25, -0.2) is 13.2 Å². The van der Waals surface area contributed by atoms with Gasteiger partial charge in [0.1, 0.15) is 11.5 Å². The predicted molar refractivity (Wildman–Crippen MR) is 48.3 cm³/mol. The first-order valence-electron chi connectivity index (χ1n) is 3.54. The van der Waals surface area contributed by atoms with Gasteiger partial charge < -0.3 is 5.32 Å². The first kappa shape index (κ1) is 11.0. The van der Waals surface area contributed by atoms with Crippen LogP contribution in [0.4, 0.5) is 18.9 Å². The molecule has 1 aromatic rings. The minimum Gasteiger partial charge on any atom is -0.321 e. The van der Waals surface area contributed by atoms with Crippen LogP contribution >= 0.6 is 15.9 Å². The summed E-state index contributed by atoms with van der Waals surface area (Å²) >= 11 is 2.59. The minimum absolute atomic E-state index is 0.485. The van der Waals surface area contributed by atoms with Gasteiger partial charge in [0.25, 0.3) is 0 Å². The number of carbonyl (C=O) groups is 1. The fourth-order valence-corrected chi connectivity index (χ4v) is 1.17. The summed E-state index contributed by atoms with van der Waals surface area (Å²) in [6, 6.07) is 0.485. The highest BCUT2D eigenvalue weighted by Gasteiger charge is 2.17. The van der Waals surface area contributed by atoms with E-state index in [9.17, 15) is 18.0 Å². The lowest BCUT2D eigenvalue weighted by Gasteiger charge is -2.07. The summed E-state index contributed by atoms with van der Waals surface area (Å²) < 4.78 is 38.3. The molecule has 14 heavy (non-hydrogen) atoms. The summed E-state index contributed by atoms with van der Waals surface area (Å²) in [4.78, 5) is 10.6. The first-order chi connectivity index (χ1) is 6.43. The third kappa shape index (κ3) is 2.06. The zero-order valence-corrected chi connectivity index (χ0v) is 8.58. The molecule has 2 nitrogen and oxygen atoms in total. The molecule has 76 valence electrons. The van der Waals surface area contributed by atoms with Gasteiger partial charge in [-0.3, -0.25) is 4.79 Å². The maximum atomic E-state index is 13.1. The van der Waals surface area contributed by atoms with Crippen molar-refractivity contribution in [1.29, 1.82) is 0 Å². The molecule has 0 saturated carbocycles. The van der Waals surface area contributed by atoms with Gasteiger partial charge in [0.2, 0.25) is 5.91 Å². The minimum atomic E-state index is -1.17. The topological polar surface area (TPSA) is 29.1 Å². The molecule has 1 N–H and O–H groups in total. The molecule has 6 heteroatoms. The van der Waals surface area contributed by atoms with Gasteiger partial charge in [0.05, 0.1) is 4.47 Å². The fraction of sp³-hybridized carbons (Fsp3) is 0.125. The molecule has 0 aliphatic rings. The molecule has 0 heterocycles. The SMILES string of the molecule is CC(=O)Nc1c(F)cc(F)c(Br)c1F. The average Bonchev–Trinajstić information content (AvgIpc) is 2.09. The van der Waals surface area contributed by atoms with Crippen molar-refractivity contribution in [2.45, 2.75) is 6.92 Å². The molecule has 0 radical (unpaired) electrons. The van der Waals surface area contributed by atoms with Crippen LogP contribution in [-0.2, 0) is 4.79 Å². The highest BCUT2D eigenvalue weighted by Crippen LogP contribution is 2.28. The third-order valence-electron chi connectivity index (χ3n) is 1.42. The van der Waals surface area contributed by atoms with E-state index in [2.05, 4.69) is 15.9 Å². The molecule has 0 aliphatic heterocycles. The Balaban J connectivity index is 3.29. The molecule has 1 aromatic carbocycles. The van der Waals surface area contributed by atoms with E-state index in [1.54, 1.807) is 0 Å². The van der Waals surface area contributed by atoms with E-state index in [-0.39, 0.29) is 0 Å². The lowest BCUT2D eigenvalue weighted by Crippen LogP contribution is -2.10. The summed E-state index contributed by atoms with van der Waals surface area (Å²) in [6.07, 6.45) is 0. The number of anilines is 1. The Hall–Kier alpha value is -1.04. The number of rotatable bonds is 1. The predicted octanol–water partition coefficient (Wildman–Crippen LogP) is 2.82. The van der Waals surface area contributed by atoms with E-state index in [1.807, 2.05) is 5.32 Å². The zero-order valence-electron chi connectivity index (χ0n) is 7.00. The highest BCUT2D eigenvalue weighted by molar-refractivity contribution is 9.10. The zero-order chi connectivity index (χ0) is 10.9. The monoisotopic (exact) mass is 267 g/mol. The number of hydrogen-bond donors (Lipinski definition) is 1. The van der Waals surface area contributed by atoms with Crippen LogP contribution in [0, 0.1) is 17.5 Å². The second-order valence-electron chi connectivity index (χ2n) is 2.52. The molecule has 0 unspecified atom stereocenters. The Kier molecular flexibility index (Phi) is 3.15. The normalized spacial score (nSPS) is 10.1. The van der Waals surface area contributed by atoms with E-state index in [0.717, 1.165) is 6.92 Å². The summed E-state index contributed by atoms with van der Waals surface area (Å²) in [5.41, 5.74) is -0.661. The Morgan fingerprint density at radius 1 is 1.36 bits per heavy atom. The summed E-state index contributed by atoms with van der Waals surface area (Å²) in [5.74, 6) is -4.02. The van der Waals surface area contributed by atoms with Gasteiger partial charge in [0, 0.05) is 13.0 Å². The number of carbonyl (C=O) groups excluding carboxylic acids is 1. The number of hydrogen-bond acceptors (Lipinski definition) is 1. The van der Waals surface area contributed by atoms with Gasteiger partial charge >= 0.3 is 0 Å². The van der Waals surface area contributed by atoms with Crippen LogP contribution in [0.5, 0.6) is 0 Å². The summed E-state index contributed by atoms with van der Waals surface area (Å²) in [5, 5.41) is 1.92. The van der Waals surface area contributed by atoms with Crippen molar-refractivity contribution in [3.63, 3.8) is 0 Å². The van der Waals surface area contributed by atoms with Crippen LogP contribution < -0.4 is 5.32 Å². The molecule has 0 saturated heterocycles. The van der Waals surface area contributed by atoms with Gasteiger partial charge in [0.15, 0.2) is 11.6 Å². The molecule has 0 aromatic heterocycles. The Morgan fingerprint density at radius 3 is 2.43 bits per heavy atom. The second kappa shape index (κ2) is 4.00. The number of amides is 1. The molecular formula is C8H5BrF3NO. The van der Waals surface area contributed by atoms with E-state index >= 15 is 0 Å². The van der Waals surface area contributed by atoms with Crippen LogP contribution in [-0.4, -0.2) is 5.91 Å². The summed E-state index contributed by atoms with van der Waals surface area (Å²) in [7, 11) is 0. The fourth-order valence-electron chi connectivity index (χ4n) is 0.857. The van der Waals surface area contributed by atoms with Crippen LogP contribution in [0.15, 0.2) is 10.5 Å². The van der Waals surface area contributed by atoms with Crippen molar-refractivity contribution < 1.29 is 18.0 Å². The van der Waals surface area contributed by atoms with Gasteiger partial charge in [-0.1, -0.05) is 0 Å². The van der Waals surface area contributed by atoms with Crippen molar-refractivity contribution in [2.75, 3.05) is 5.32 Å². The standard InChI is InChI=1S/C8H5BrF3NO/c1-3(14)13-8-5(11)2-4(10)6(9)7(8)12/h2H,1H3,(H,13,14). The van der Waals surface area contributed by atoms with E-state index < -0.39 is 33.5 Å². The maximum absolute atomic E-state index is 13.1. The molecule has 0 spiro atoms. The molecule has 0 fully saturated rings. The van der Waals surface area contributed by atoms with Crippen molar-refractivity contribution in [3.05, 3.63) is 28.0 Å². The maximum Gasteiger partial charge on any atom is 0.221 e. The Labute approximate surface area is 86.2 Å².